The molecule has 0 saturated carbocycles. The molecule has 0 aromatic heterocycles. The number of carbonyl (C=O) groups excluding carboxylic acids is 2. The highest BCUT2D eigenvalue weighted by Gasteiger charge is 2.22. The van der Waals surface area contributed by atoms with E-state index in [1.165, 1.54) is 32.1 Å². The van der Waals surface area contributed by atoms with E-state index in [2.05, 4.69) is 54.8 Å². The molecule has 1 atom stereocenters. The minimum Gasteiger partial charge on any atom is -0.462 e. The van der Waals surface area contributed by atoms with Gasteiger partial charge in [0.15, 0.2) is 6.10 Å². The molecule has 0 aliphatic rings. The normalized spacial score (nSPS) is 13.0. The van der Waals surface area contributed by atoms with Crippen molar-refractivity contribution in [3.63, 3.8) is 0 Å². The zero-order chi connectivity index (χ0) is 31.2. The number of phosphoric ester groups is 1. The number of esters is 2. The molecule has 0 aromatic rings. The van der Waals surface area contributed by atoms with Crippen LogP contribution >= 0.6 is 7.82 Å². The number of hydrogen-bond donors (Lipinski definition) is 2. The molecular weight excluding hydrogens is 555 g/mol. The second-order valence-corrected chi connectivity index (χ2v) is 12.0. The Morgan fingerprint density at radius 2 is 1.14 bits per heavy atom. The fourth-order valence-corrected chi connectivity index (χ4v) is 4.63. The molecule has 2 N–H and O–H groups in total. The third-order valence-corrected chi connectivity index (χ3v) is 7.16. The van der Waals surface area contributed by atoms with E-state index in [1.807, 2.05) is 0 Å². The Hall–Kier alpha value is -1.73. The van der Waals surface area contributed by atoms with Gasteiger partial charge >= 0.3 is 19.8 Å². The van der Waals surface area contributed by atoms with Crippen LogP contribution in [0.25, 0.3) is 0 Å². The number of rotatable bonds is 29. The van der Waals surface area contributed by atoms with Gasteiger partial charge in [0.2, 0.25) is 0 Å². The summed E-state index contributed by atoms with van der Waals surface area (Å²) in [6.45, 7) is 3.50. The second kappa shape index (κ2) is 29.3. The van der Waals surface area contributed by atoms with E-state index in [1.54, 1.807) is 0 Å². The van der Waals surface area contributed by atoms with Crippen LogP contribution in [-0.4, -0.2) is 41.0 Å². The van der Waals surface area contributed by atoms with Crippen LogP contribution in [0.3, 0.4) is 0 Å². The van der Waals surface area contributed by atoms with Crippen LogP contribution in [0.5, 0.6) is 0 Å². The molecule has 0 unspecified atom stereocenters. The van der Waals surface area contributed by atoms with Gasteiger partial charge in [-0.3, -0.25) is 14.1 Å². The molecule has 0 spiro atoms. The zero-order valence-corrected chi connectivity index (χ0v) is 27.3. The standard InChI is InChI=1S/C33H59O8P/c1-3-5-7-9-11-13-14-15-16-17-18-20-21-23-25-27-32(34)39-29-31(30-40-42(36,37)38)41-33(35)28-26-24-22-19-12-10-8-6-4-2/h5,7,11,13,15-16,31H,3-4,6,8-10,12,14,17-30H2,1-2H3,(H2,36,37,38)/b7-5-,13-11-,16-15-/t31-/m1/s1. The smallest absolute Gasteiger partial charge is 0.462 e. The number of phosphoric acid groups is 1. The number of hydrogen-bond acceptors (Lipinski definition) is 6. The fraction of sp³-hybridized carbons (Fsp3) is 0.758. The van der Waals surface area contributed by atoms with E-state index in [4.69, 9.17) is 19.3 Å². The van der Waals surface area contributed by atoms with E-state index >= 15 is 0 Å². The summed E-state index contributed by atoms with van der Waals surface area (Å²) < 4.78 is 26.1. The van der Waals surface area contributed by atoms with Crippen molar-refractivity contribution in [3.8, 4) is 0 Å². The number of ether oxygens (including phenoxy) is 2. The molecule has 0 rings (SSSR count). The summed E-state index contributed by atoms with van der Waals surface area (Å²) in [5.74, 6) is -0.910. The van der Waals surface area contributed by atoms with Gasteiger partial charge in [-0.25, -0.2) is 4.57 Å². The van der Waals surface area contributed by atoms with Crippen LogP contribution in [0, 0.1) is 0 Å². The minimum atomic E-state index is -4.74. The van der Waals surface area contributed by atoms with Gasteiger partial charge in [-0.15, -0.1) is 0 Å². The Morgan fingerprint density at radius 1 is 0.643 bits per heavy atom. The third kappa shape index (κ3) is 31.2. The lowest BCUT2D eigenvalue weighted by Crippen LogP contribution is -2.29. The van der Waals surface area contributed by atoms with Crippen molar-refractivity contribution >= 4 is 19.8 Å². The first kappa shape index (κ1) is 40.3. The van der Waals surface area contributed by atoms with Gasteiger partial charge in [0.25, 0.3) is 0 Å². The van der Waals surface area contributed by atoms with Crippen molar-refractivity contribution in [2.24, 2.45) is 0 Å². The summed E-state index contributed by atoms with van der Waals surface area (Å²) in [7, 11) is -4.74. The van der Waals surface area contributed by atoms with Crippen LogP contribution in [0.15, 0.2) is 36.5 Å². The molecule has 0 aromatic carbocycles. The topological polar surface area (TPSA) is 119 Å². The molecule has 0 heterocycles. The van der Waals surface area contributed by atoms with Crippen molar-refractivity contribution in [3.05, 3.63) is 36.5 Å². The molecule has 42 heavy (non-hydrogen) atoms. The molecule has 0 aliphatic heterocycles. The molecular formula is C33H59O8P. The lowest BCUT2D eigenvalue weighted by atomic mass is 10.1. The SMILES string of the molecule is CC/C=C\C/C=C\C/C=C\CCCCCCCC(=O)OC[C@H](COP(=O)(O)O)OC(=O)CCCCCCCCCCC. The summed E-state index contributed by atoms with van der Waals surface area (Å²) in [5.41, 5.74) is 0. The fourth-order valence-electron chi connectivity index (χ4n) is 4.27. The lowest BCUT2D eigenvalue weighted by Gasteiger charge is -2.18. The summed E-state index contributed by atoms with van der Waals surface area (Å²) in [6, 6.07) is 0. The highest BCUT2D eigenvalue weighted by atomic mass is 31.2. The van der Waals surface area contributed by atoms with E-state index in [-0.39, 0.29) is 19.4 Å². The molecule has 0 amide bonds. The highest BCUT2D eigenvalue weighted by Crippen LogP contribution is 2.35. The van der Waals surface area contributed by atoms with Crippen LogP contribution in [0.4, 0.5) is 0 Å². The van der Waals surface area contributed by atoms with Gasteiger partial charge in [0.05, 0.1) is 6.61 Å². The van der Waals surface area contributed by atoms with Gasteiger partial charge in [0, 0.05) is 12.8 Å². The number of carbonyl (C=O) groups is 2. The van der Waals surface area contributed by atoms with Gasteiger partial charge in [0.1, 0.15) is 6.61 Å². The Labute approximate surface area is 255 Å². The Morgan fingerprint density at radius 3 is 1.71 bits per heavy atom. The maximum atomic E-state index is 12.2. The maximum Gasteiger partial charge on any atom is 0.469 e. The summed E-state index contributed by atoms with van der Waals surface area (Å²) in [6.07, 6.45) is 31.6. The number of allylic oxidation sites excluding steroid dienone is 6. The summed E-state index contributed by atoms with van der Waals surface area (Å²) in [5, 5.41) is 0. The Bertz CT molecular complexity index is 787. The van der Waals surface area contributed by atoms with E-state index < -0.39 is 32.5 Å². The van der Waals surface area contributed by atoms with Crippen LogP contribution < -0.4 is 0 Å². The maximum absolute atomic E-state index is 12.2. The second-order valence-electron chi connectivity index (χ2n) is 10.8. The van der Waals surface area contributed by atoms with E-state index in [0.29, 0.717) is 12.8 Å². The van der Waals surface area contributed by atoms with Gasteiger partial charge in [-0.1, -0.05) is 121 Å². The summed E-state index contributed by atoms with van der Waals surface area (Å²) in [4.78, 5) is 42.4. The van der Waals surface area contributed by atoms with E-state index in [9.17, 15) is 14.2 Å². The Balaban J connectivity index is 4.04. The van der Waals surface area contributed by atoms with Gasteiger partial charge < -0.3 is 19.3 Å². The van der Waals surface area contributed by atoms with Crippen molar-refractivity contribution < 1.29 is 37.9 Å². The average Bonchev–Trinajstić information content (AvgIpc) is 2.95. The van der Waals surface area contributed by atoms with Crippen LogP contribution in [0.1, 0.15) is 142 Å². The molecule has 0 bridgehead atoms. The van der Waals surface area contributed by atoms with Crippen molar-refractivity contribution in [1.82, 2.24) is 0 Å². The average molecular weight is 615 g/mol. The highest BCUT2D eigenvalue weighted by molar-refractivity contribution is 7.46. The molecule has 0 fully saturated rings. The third-order valence-electron chi connectivity index (χ3n) is 6.67. The molecule has 9 heteroatoms. The first-order valence-corrected chi connectivity index (χ1v) is 17.8. The monoisotopic (exact) mass is 614 g/mol. The molecule has 0 radical (unpaired) electrons. The first-order valence-electron chi connectivity index (χ1n) is 16.3. The minimum absolute atomic E-state index is 0.208. The molecule has 8 nitrogen and oxygen atoms in total. The molecule has 244 valence electrons. The Kier molecular flexibility index (Phi) is 28.1. The van der Waals surface area contributed by atoms with Crippen LogP contribution in [-0.2, 0) is 28.2 Å². The van der Waals surface area contributed by atoms with Crippen molar-refractivity contribution in [2.75, 3.05) is 13.2 Å². The van der Waals surface area contributed by atoms with E-state index in [0.717, 1.165) is 70.6 Å². The van der Waals surface area contributed by atoms with Gasteiger partial charge in [-0.05, 0) is 44.9 Å². The predicted octanol–water partition coefficient (Wildman–Crippen LogP) is 9.06. The first-order chi connectivity index (χ1) is 20.3. The largest absolute Gasteiger partial charge is 0.469 e. The molecule has 0 aliphatic carbocycles. The summed E-state index contributed by atoms with van der Waals surface area (Å²) >= 11 is 0. The van der Waals surface area contributed by atoms with Crippen LogP contribution in [0.2, 0.25) is 0 Å². The molecule has 0 saturated heterocycles. The zero-order valence-electron chi connectivity index (χ0n) is 26.4. The number of unbranched alkanes of at least 4 members (excludes halogenated alkanes) is 13. The quantitative estimate of drug-likeness (QED) is 0.0371. The lowest BCUT2D eigenvalue weighted by molar-refractivity contribution is -0.161. The van der Waals surface area contributed by atoms with Crippen molar-refractivity contribution in [1.29, 1.82) is 0 Å². The predicted molar refractivity (Wildman–Crippen MR) is 170 cm³/mol. The van der Waals surface area contributed by atoms with Gasteiger partial charge in [-0.2, -0.15) is 0 Å². The van der Waals surface area contributed by atoms with Crippen molar-refractivity contribution in [2.45, 2.75) is 148 Å².